The number of nitrogens with zero attached hydrogens (tertiary/aromatic N) is 4. The molecule has 0 fully saturated rings. The van der Waals surface area contributed by atoms with Crippen molar-refractivity contribution in [1.82, 2.24) is 19.5 Å². The first-order chi connectivity index (χ1) is 9.24. The van der Waals surface area contributed by atoms with E-state index in [-0.39, 0.29) is 6.04 Å². The first kappa shape index (κ1) is 13.3. The fraction of sp³-hybridized carbons (Fsp3) is 0.417. The molecule has 2 aromatic rings. The van der Waals surface area contributed by atoms with Crippen LogP contribution in [0.3, 0.4) is 0 Å². The van der Waals surface area contributed by atoms with Gasteiger partial charge in [0.25, 0.3) is 0 Å². The predicted molar refractivity (Wildman–Crippen MR) is 74.5 cm³/mol. The Morgan fingerprint density at radius 3 is 2.79 bits per heavy atom. The highest BCUT2D eigenvalue weighted by molar-refractivity contribution is 5.57. The van der Waals surface area contributed by atoms with E-state index in [0.717, 1.165) is 24.3 Å². The summed E-state index contributed by atoms with van der Waals surface area (Å²) < 4.78 is 2.02. The average Bonchev–Trinajstić information content (AvgIpc) is 2.91. The summed E-state index contributed by atoms with van der Waals surface area (Å²) in [4.78, 5) is 12.4. The molecule has 0 aliphatic rings. The molecular weight excluding hydrogens is 242 g/mol. The monoisotopic (exact) mass is 261 g/mol. The van der Waals surface area contributed by atoms with Gasteiger partial charge in [-0.05, 0) is 13.3 Å². The third-order valence-electron chi connectivity index (χ3n) is 2.86. The fourth-order valence-electron chi connectivity index (χ4n) is 1.99. The number of rotatable bonds is 6. The number of aromatic nitrogens is 4. The van der Waals surface area contributed by atoms with Crippen LogP contribution in [0, 0.1) is 0 Å². The molecule has 0 spiro atoms. The quantitative estimate of drug-likeness (QED) is 0.531. The van der Waals surface area contributed by atoms with Crippen LogP contribution in [0.5, 0.6) is 0 Å². The number of imidazole rings is 1. The normalized spacial score (nSPS) is 12.2. The Kier molecular flexibility index (Phi) is 4.30. The highest BCUT2D eigenvalue weighted by atomic mass is 15.3. The van der Waals surface area contributed by atoms with E-state index >= 15 is 0 Å². The molecule has 0 bridgehead atoms. The molecule has 2 heterocycles. The van der Waals surface area contributed by atoms with Crippen molar-refractivity contribution in [2.24, 2.45) is 5.84 Å². The van der Waals surface area contributed by atoms with E-state index in [1.54, 1.807) is 12.5 Å². The summed E-state index contributed by atoms with van der Waals surface area (Å²) in [5.74, 6) is 6.93. The molecule has 2 rings (SSSR count). The minimum atomic E-state index is 0.222. The van der Waals surface area contributed by atoms with Gasteiger partial charge in [0.05, 0.1) is 6.33 Å². The van der Waals surface area contributed by atoms with Crippen LogP contribution in [0.1, 0.15) is 19.4 Å². The van der Waals surface area contributed by atoms with Crippen LogP contribution in [0.2, 0.25) is 0 Å². The Balaban J connectivity index is 2.09. The van der Waals surface area contributed by atoms with E-state index in [0.29, 0.717) is 5.82 Å². The molecule has 0 saturated heterocycles. The molecular formula is C12H19N7. The van der Waals surface area contributed by atoms with E-state index in [4.69, 9.17) is 5.84 Å². The first-order valence-electron chi connectivity index (χ1n) is 6.27. The van der Waals surface area contributed by atoms with E-state index in [1.807, 2.05) is 17.7 Å². The lowest BCUT2D eigenvalue weighted by Crippen LogP contribution is -2.23. The molecule has 102 valence electrons. The topological polar surface area (TPSA) is 93.7 Å². The minimum absolute atomic E-state index is 0.222. The van der Waals surface area contributed by atoms with E-state index in [2.05, 4.69) is 32.6 Å². The number of nitrogen functional groups attached to an aromatic ring is 1. The lowest BCUT2D eigenvalue weighted by molar-refractivity contribution is 0.616. The molecule has 0 aliphatic heterocycles. The predicted octanol–water partition coefficient (Wildman–Crippen LogP) is 1.02. The SMILES string of the molecule is CCc1c(NN)ncnc1NC(C)Cn1ccnc1. The Morgan fingerprint density at radius 1 is 1.37 bits per heavy atom. The van der Waals surface area contributed by atoms with Crippen molar-refractivity contribution in [2.75, 3.05) is 10.7 Å². The van der Waals surface area contributed by atoms with Gasteiger partial charge in [-0.15, -0.1) is 0 Å². The zero-order chi connectivity index (χ0) is 13.7. The zero-order valence-corrected chi connectivity index (χ0v) is 11.2. The van der Waals surface area contributed by atoms with Gasteiger partial charge in [-0.2, -0.15) is 0 Å². The lowest BCUT2D eigenvalue weighted by Gasteiger charge is -2.18. The van der Waals surface area contributed by atoms with Crippen LogP contribution in [0.4, 0.5) is 11.6 Å². The molecule has 1 unspecified atom stereocenters. The number of nitrogens with one attached hydrogen (secondary N) is 2. The minimum Gasteiger partial charge on any atom is -0.365 e. The molecule has 4 N–H and O–H groups in total. The highest BCUT2D eigenvalue weighted by Crippen LogP contribution is 2.20. The third-order valence-corrected chi connectivity index (χ3v) is 2.86. The molecule has 1 atom stereocenters. The van der Waals surface area contributed by atoms with Crippen molar-refractivity contribution < 1.29 is 0 Å². The van der Waals surface area contributed by atoms with Crippen LogP contribution in [-0.4, -0.2) is 25.6 Å². The largest absolute Gasteiger partial charge is 0.365 e. The van der Waals surface area contributed by atoms with E-state index < -0.39 is 0 Å². The van der Waals surface area contributed by atoms with Crippen molar-refractivity contribution >= 4 is 11.6 Å². The zero-order valence-electron chi connectivity index (χ0n) is 11.2. The Bertz CT molecular complexity index is 509. The molecule has 7 nitrogen and oxygen atoms in total. The van der Waals surface area contributed by atoms with Gasteiger partial charge in [-0.3, -0.25) is 0 Å². The van der Waals surface area contributed by atoms with Gasteiger partial charge in [0, 0.05) is 30.5 Å². The Morgan fingerprint density at radius 2 is 2.16 bits per heavy atom. The van der Waals surface area contributed by atoms with Gasteiger partial charge in [0.1, 0.15) is 18.0 Å². The number of hydrazine groups is 1. The van der Waals surface area contributed by atoms with Crippen LogP contribution < -0.4 is 16.6 Å². The molecule has 0 aliphatic carbocycles. The molecule has 2 aromatic heterocycles. The van der Waals surface area contributed by atoms with Crippen molar-refractivity contribution in [3.63, 3.8) is 0 Å². The smallest absolute Gasteiger partial charge is 0.148 e. The van der Waals surface area contributed by atoms with Crippen molar-refractivity contribution in [2.45, 2.75) is 32.9 Å². The summed E-state index contributed by atoms with van der Waals surface area (Å²) in [6.45, 7) is 4.96. The second-order valence-corrected chi connectivity index (χ2v) is 4.35. The van der Waals surface area contributed by atoms with Crippen LogP contribution in [-0.2, 0) is 13.0 Å². The maximum Gasteiger partial charge on any atom is 0.148 e. The van der Waals surface area contributed by atoms with Crippen molar-refractivity contribution in [3.8, 4) is 0 Å². The first-order valence-corrected chi connectivity index (χ1v) is 6.27. The van der Waals surface area contributed by atoms with Gasteiger partial charge >= 0.3 is 0 Å². The van der Waals surface area contributed by atoms with E-state index in [9.17, 15) is 0 Å². The number of nitrogens with two attached hydrogens (primary N) is 1. The molecule has 0 aromatic carbocycles. The second kappa shape index (κ2) is 6.14. The second-order valence-electron chi connectivity index (χ2n) is 4.35. The number of hydrogen-bond acceptors (Lipinski definition) is 6. The molecule has 7 heteroatoms. The average molecular weight is 261 g/mol. The fourth-order valence-corrected chi connectivity index (χ4v) is 1.99. The van der Waals surface area contributed by atoms with Crippen LogP contribution in [0.25, 0.3) is 0 Å². The standard InChI is InChI=1S/C12H19N7/c1-3-10-11(15-7-16-12(10)18-13)17-9(2)6-19-5-4-14-8-19/h4-5,7-9H,3,6,13H2,1-2H3,(H2,15,16,17,18). The van der Waals surface area contributed by atoms with Crippen LogP contribution >= 0.6 is 0 Å². The summed E-state index contributed by atoms with van der Waals surface area (Å²) in [5.41, 5.74) is 3.59. The van der Waals surface area contributed by atoms with Gasteiger partial charge in [0.2, 0.25) is 0 Å². The van der Waals surface area contributed by atoms with Gasteiger partial charge in [-0.25, -0.2) is 20.8 Å². The van der Waals surface area contributed by atoms with Gasteiger partial charge in [-0.1, -0.05) is 6.92 Å². The van der Waals surface area contributed by atoms with Crippen molar-refractivity contribution in [3.05, 3.63) is 30.6 Å². The van der Waals surface area contributed by atoms with Gasteiger partial charge in [0.15, 0.2) is 0 Å². The Labute approximate surface area is 112 Å². The summed E-state index contributed by atoms with van der Waals surface area (Å²) >= 11 is 0. The van der Waals surface area contributed by atoms with E-state index in [1.165, 1.54) is 6.33 Å². The van der Waals surface area contributed by atoms with Gasteiger partial charge < -0.3 is 15.3 Å². The number of anilines is 2. The highest BCUT2D eigenvalue weighted by Gasteiger charge is 2.11. The van der Waals surface area contributed by atoms with Crippen LogP contribution in [0.15, 0.2) is 25.0 Å². The molecule has 19 heavy (non-hydrogen) atoms. The molecule has 0 amide bonds. The maximum atomic E-state index is 5.46. The van der Waals surface area contributed by atoms with Crippen molar-refractivity contribution in [1.29, 1.82) is 0 Å². The summed E-state index contributed by atoms with van der Waals surface area (Å²) in [7, 11) is 0. The summed E-state index contributed by atoms with van der Waals surface area (Å²) in [6.07, 6.45) is 7.81. The third kappa shape index (κ3) is 3.19. The maximum absolute atomic E-state index is 5.46. The lowest BCUT2D eigenvalue weighted by atomic mass is 10.2. The Hall–Kier alpha value is -2.15. The molecule has 0 saturated carbocycles. The summed E-state index contributed by atoms with van der Waals surface area (Å²) in [5, 5.41) is 3.38. The summed E-state index contributed by atoms with van der Waals surface area (Å²) in [6, 6.07) is 0.222. The molecule has 0 radical (unpaired) electrons. The number of hydrogen-bond donors (Lipinski definition) is 3.